The van der Waals surface area contributed by atoms with Gasteiger partial charge >= 0.3 is 5.97 Å². The molecular weight excluding hydrogens is 397 g/mol. The van der Waals surface area contributed by atoms with E-state index in [2.05, 4.69) is 5.43 Å². The van der Waals surface area contributed by atoms with Gasteiger partial charge in [-0.3, -0.25) is 19.8 Å². The average molecular weight is 412 g/mol. The van der Waals surface area contributed by atoms with Crippen LogP contribution < -0.4 is 10.3 Å². The minimum Gasteiger partial charge on any atom is -0.461 e. The topological polar surface area (TPSA) is 96.0 Å². The Balaban J connectivity index is 2.04. The predicted octanol–water partition coefficient (Wildman–Crippen LogP) is 1.81. The second-order valence-corrected chi connectivity index (χ2v) is 6.79. The number of nitrogens with one attached hydrogen (secondary N) is 1. The van der Waals surface area contributed by atoms with Gasteiger partial charge in [0.1, 0.15) is 5.70 Å². The van der Waals surface area contributed by atoms with Gasteiger partial charge < -0.3 is 4.74 Å². The van der Waals surface area contributed by atoms with Crippen LogP contribution in [-0.4, -0.2) is 40.8 Å². The van der Waals surface area contributed by atoms with Crippen LogP contribution in [0.4, 0.5) is 5.69 Å². The molecule has 0 aromatic heterocycles. The number of amides is 3. The lowest BCUT2D eigenvalue weighted by Crippen LogP contribution is -2.56. The van der Waals surface area contributed by atoms with Crippen molar-refractivity contribution in [1.82, 2.24) is 10.4 Å². The zero-order valence-corrected chi connectivity index (χ0v) is 15.9. The maximum atomic E-state index is 13.2. The molecule has 2 aliphatic heterocycles. The van der Waals surface area contributed by atoms with Crippen LogP contribution in [0.2, 0.25) is 10.0 Å². The van der Waals surface area contributed by atoms with Gasteiger partial charge in [0.15, 0.2) is 5.54 Å². The van der Waals surface area contributed by atoms with E-state index in [1.54, 1.807) is 6.92 Å². The molecule has 1 spiro atoms. The Kier molecular flexibility index (Phi) is 4.88. The van der Waals surface area contributed by atoms with E-state index in [9.17, 15) is 19.2 Å². The van der Waals surface area contributed by atoms with E-state index in [0.29, 0.717) is 0 Å². The van der Waals surface area contributed by atoms with Crippen molar-refractivity contribution in [3.63, 3.8) is 0 Å². The summed E-state index contributed by atoms with van der Waals surface area (Å²) in [5, 5.41) is 1.41. The third-order valence-electron chi connectivity index (χ3n) is 4.23. The number of hydrazine groups is 1. The molecule has 1 saturated heterocycles. The van der Waals surface area contributed by atoms with Crippen LogP contribution in [0.25, 0.3) is 0 Å². The molecule has 1 atom stereocenters. The molecule has 0 unspecified atom stereocenters. The van der Waals surface area contributed by atoms with Crippen LogP contribution in [0, 0.1) is 0 Å². The minimum absolute atomic E-state index is 0.0795. The van der Waals surface area contributed by atoms with E-state index in [1.807, 2.05) is 0 Å². The van der Waals surface area contributed by atoms with Gasteiger partial charge in [0.05, 0.1) is 28.8 Å². The van der Waals surface area contributed by atoms with Gasteiger partial charge in [-0.05, 0) is 31.2 Å². The Morgan fingerprint density at radius 3 is 2.56 bits per heavy atom. The highest BCUT2D eigenvalue weighted by molar-refractivity contribution is 6.42. The molecule has 1 N–H and O–H groups in total. The van der Waals surface area contributed by atoms with Gasteiger partial charge in [-0.15, -0.1) is 0 Å². The molecule has 0 radical (unpaired) electrons. The normalized spacial score (nSPS) is 21.6. The fourth-order valence-electron chi connectivity index (χ4n) is 3.09. The molecule has 2 heterocycles. The molecule has 142 valence electrons. The van der Waals surface area contributed by atoms with Gasteiger partial charge in [-0.1, -0.05) is 23.2 Å². The number of carbonyl (C=O) groups excluding carboxylic acids is 4. The summed E-state index contributed by atoms with van der Waals surface area (Å²) < 4.78 is 4.91. The first-order valence-electron chi connectivity index (χ1n) is 8.01. The minimum atomic E-state index is -1.66. The molecule has 10 heteroatoms. The second kappa shape index (κ2) is 6.86. The van der Waals surface area contributed by atoms with Crippen molar-refractivity contribution in [2.24, 2.45) is 0 Å². The standard InChI is InChI=1S/C17H15Cl2N3O5/c1-3-27-15(25)13-7-17(22(20-13)9(2)23)8-14(24)21(16(17)26)10-4-5-11(18)12(19)6-10/h4-7,20H,3,8H2,1-2H3/t17-/m1/s1. The molecule has 0 aliphatic carbocycles. The highest BCUT2D eigenvalue weighted by Gasteiger charge is 2.59. The predicted molar refractivity (Wildman–Crippen MR) is 96.7 cm³/mol. The van der Waals surface area contributed by atoms with Crippen molar-refractivity contribution >= 4 is 52.6 Å². The van der Waals surface area contributed by atoms with E-state index >= 15 is 0 Å². The van der Waals surface area contributed by atoms with E-state index < -0.39 is 29.2 Å². The summed E-state index contributed by atoms with van der Waals surface area (Å²) >= 11 is 11.9. The number of carbonyl (C=O) groups is 4. The summed E-state index contributed by atoms with van der Waals surface area (Å²) in [6.45, 7) is 2.96. The van der Waals surface area contributed by atoms with Crippen molar-refractivity contribution in [3.8, 4) is 0 Å². The number of anilines is 1. The molecule has 0 bridgehead atoms. The van der Waals surface area contributed by atoms with Gasteiger partial charge in [0.25, 0.3) is 5.91 Å². The lowest BCUT2D eigenvalue weighted by molar-refractivity contribution is -0.144. The number of esters is 1. The highest BCUT2D eigenvalue weighted by atomic mass is 35.5. The van der Waals surface area contributed by atoms with Crippen LogP contribution in [0.1, 0.15) is 20.3 Å². The molecule has 3 amide bonds. The fourth-order valence-corrected chi connectivity index (χ4v) is 3.39. The smallest absolute Gasteiger partial charge is 0.355 e. The quantitative estimate of drug-likeness (QED) is 0.601. The molecule has 27 heavy (non-hydrogen) atoms. The van der Waals surface area contributed by atoms with Crippen molar-refractivity contribution in [2.45, 2.75) is 25.8 Å². The molecule has 3 rings (SSSR count). The monoisotopic (exact) mass is 411 g/mol. The molecule has 0 saturated carbocycles. The number of rotatable bonds is 3. The number of halogens is 2. The molecule has 1 aromatic carbocycles. The summed E-state index contributed by atoms with van der Waals surface area (Å²) in [7, 11) is 0. The maximum absolute atomic E-state index is 13.2. The number of benzene rings is 1. The fraction of sp³-hybridized carbons (Fsp3) is 0.294. The van der Waals surface area contributed by atoms with E-state index in [1.165, 1.54) is 31.2 Å². The zero-order chi connectivity index (χ0) is 19.9. The molecular formula is C17H15Cl2N3O5. The van der Waals surface area contributed by atoms with Crippen LogP contribution in [0.5, 0.6) is 0 Å². The second-order valence-electron chi connectivity index (χ2n) is 5.98. The average Bonchev–Trinajstić information content (AvgIpc) is 3.10. The molecule has 8 nitrogen and oxygen atoms in total. The number of hydrogen-bond donors (Lipinski definition) is 1. The molecule has 1 aromatic rings. The zero-order valence-electron chi connectivity index (χ0n) is 14.4. The van der Waals surface area contributed by atoms with Gasteiger partial charge in [-0.2, -0.15) is 0 Å². The van der Waals surface area contributed by atoms with E-state index in [-0.39, 0.29) is 34.5 Å². The van der Waals surface area contributed by atoms with Crippen LogP contribution in [0.3, 0.4) is 0 Å². The first kappa shape index (κ1) is 19.2. The number of imide groups is 1. The van der Waals surface area contributed by atoms with Gasteiger partial charge in [-0.25, -0.2) is 14.7 Å². The lowest BCUT2D eigenvalue weighted by Gasteiger charge is -2.30. The largest absolute Gasteiger partial charge is 0.461 e. The summed E-state index contributed by atoms with van der Waals surface area (Å²) in [5.41, 5.74) is 1.06. The summed E-state index contributed by atoms with van der Waals surface area (Å²) in [4.78, 5) is 50.9. The Labute approximate surface area is 164 Å². The van der Waals surface area contributed by atoms with E-state index in [4.69, 9.17) is 27.9 Å². The Morgan fingerprint density at radius 2 is 1.96 bits per heavy atom. The van der Waals surface area contributed by atoms with Crippen molar-refractivity contribution in [1.29, 1.82) is 0 Å². The lowest BCUT2D eigenvalue weighted by atomic mass is 9.96. The van der Waals surface area contributed by atoms with Crippen molar-refractivity contribution in [3.05, 3.63) is 40.0 Å². The third kappa shape index (κ3) is 3.04. The van der Waals surface area contributed by atoms with Crippen molar-refractivity contribution in [2.75, 3.05) is 11.5 Å². The third-order valence-corrected chi connectivity index (χ3v) is 4.97. The van der Waals surface area contributed by atoms with E-state index in [0.717, 1.165) is 9.91 Å². The van der Waals surface area contributed by atoms with Gasteiger partial charge in [0.2, 0.25) is 11.8 Å². The summed E-state index contributed by atoms with van der Waals surface area (Å²) in [6, 6.07) is 4.31. The van der Waals surface area contributed by atoms with Gasteiger partial charge in [0, 0.05) is 6.92 Å². The Morgan fingerprint density at radius 1 is 1.26 bits per heavy atom. The first-order chi connectivity index (χ1) is 12.7. The van der Waals surface area contributed by atoms with Crippen molar-refractivity contribution < 1.29 is 23.9 Å². The number of nitrogens with zero attached hydrogens (tertiary/aromatic N) is 2. The summed E-state index contributed by atoms with van der Waals surface area (Å²) in [6.07, 6.45) is 0.922. The van der Waals surface area contributed by atoms with Crippen LogP contribution in [0.15, 0.2) is 30.0 Å². The Bertz CT molecular complexity index is 901. The summed E-state index contributed by atoms with van der Waals surface area (Å²) in [5.74, 6) is -2.50. The highest BCUT2D eigenvalue weighted by Crippen LogP contribution is 2.39. The first-order valence-corrected chi connectivity index (χ1v) is 8.76. The SMILES string of the molecule is CCOC(=O)C1=C[C@]2(CC(=O)N(c3ccc(Cl)c(Cl)c3)C2=O)N(C(C)=O)N1. The number of ether oxygens (including phenoxy) is 1. The van der Waals surface area contributed by atoms with Crippen LogP contribution in [-0.2, 0) is 23.9 Å². The van der Waals surface area contributed by atoms with Crippen LogP contribution >= 0.6 is 23.2 Å². The maximum Gasteiger partial charge on any atom is 0.355 e. The molecule has 2 aliphatic rings. The number of hydrogen-bond acceptors (Lipinski definition) is 6. The molecule has 1 fully saturated rings. The Hall–Kier alpha value is -2.58.